The monoisotopic (exact) mass is 524 g/mol. The molecule has 7 nitrogen and oxygen atoms in total. The molecule has 0 unspecified atom stereocenters. The van der Waals surface area contributed by atoms with Crippen LogP contribution in [0.1, 0.15) is 37.3 Å². The van der Waals surface area contributed by atoms with Crippen molar-refractivity contribution in [2.45, 2.75) is 51.4 Å². The molecule has 0 atom stereocenters. The zero-order valence-electron chi connectivity index (χ0n) is 15.8. The number of alkyl halides is 3. The molecule has 11 heteroatoms. The van der Waals surface area contributed by atoms with Crippen LogP contribution in [0.2, 0.25) is 0 Å². The summed E-state index contributed by atoms with van der Waals surface area (Å²) in [6.07, 6.45) is 1.09. The number of halogens is 4. The lowest BCUT2D eigenvalue weighted by Crippen LogP contribution is -2.24. The van der Waals surface area contributed by atoms with E-state index in [1.807, 2.05) is 0 Å². The van der Waals surface area contributed by atoms with Gasteiger partial charge in [0.1, 0.15) is 11.6 Å². The van der Waals surface area contributed by atoms with Crippen LogP contribution in [0.15, 0.2) is 29.3 Å². The lowest BCUT2D eigenvalue weighted by atomic mass is 10.2. The summed E-state index contributed by atoms with van der Waals surface area (Å²) in [4.78, 5) is 4.18. The van der Waals surface area contributed by atoms with Crippen LogP contribution in [0.5, 0.6) is 5.75 Å². The predicted octanol–water partition coefficient (Wildman–Crippen LogP) is 3.88. The van der Waals surface area contributed by atoms with Crippen LogP contribution in [-0.2, 0) is 19.4 Å². The van der Waals surface area contributed by atoms with E-state index >= 15 is 0 Å². The molecule has 29 heavy (non-hydrogen) atoms. The van der Waals surface area contributed by atoms with Crippen molar-refractivity contribution in [3.8, 4) is 5.75 Å². The van der Waals surface area contributed by atoms with E-state index in [0.717, 1.165) is 43.9 Å². The minimum Gasteiger partial charge on any atom is -0.404 e. The van der Waals surface area contributed by atoms with Gasteiger partial charge in [-0.05, 0) is 31.4 Å². The molecule has 0 saturated heterocycles. The number of hydrogen-bond donors (Lipinski definition) is 2. The van der Waals surface area contributed by atoms with Crippen molar-refractivity contribution in [3.05, 3.63) is 35.9 Å². The van der Waals surface area contributed by atoms with Crippen molar-refractivity contribution in [2.24, 2.45) is 10.7 Å². The van der Waals surface area contributed by atoms with E-state index in [4.69, 9.17) is 5.73 Å². The Labute approximate surface area is 183 Å². The number of guanidine groups is 1. The molecule has 0 bridgehead atoms. The Hall–Kier alpha value is -2.05. The Morgan fingerprint density at radius 1 is 1.21 bits per heavy atom. The van der Waals surface area contributed by atoms with Crippen LogP contribution in [0.4, 0.5) is 18.9 Å². The van der Waals surface area contributed by atoms with E-state index in [-0.39, 0.29) is 41.4 Å². The number of hydrogen-bond acceptors (Lipinski definition) is 4. The zero-order chi connectivity index (χ0) is 20.0. The van der Waals surface area contributed by atoms with Crippen LogP contribution in [0, 0.1) is 0 Å². The first-order chi connectivity index (χ1) is 13.4. The van der Waals surface area contributed by atoms with Crippen LogP contribution in [0.25, 0.3) is 0 Å². The van der Waals surface area contributed by atoms with Gasteiger partial charge in [-0.3, -0.25) is 4.99 Å². The highest BCUT2D eigenvalue weighted by molar-refractivity contribution is 14.0. The van der Waals surface area contributed by atoms with E-state index in [2.05, 4.69) is 29.8 Å². The molecule has 0 spiro atoms. The van der Waals surface area contributed by atoms with Gasteiger partial charge in [-0.2, -0.15) is 0 Å². The maximum Gasteiger partial charge on any atom is 0.573 e. The molecule has 160 valence electrons. The van der Waals surface area contributed by atoms with Crippen LogP contribution < -0.4 is 15.8 Å². The molecule has 3 N–H and O–H groups in total. The number of ether oxygens (including phenoxy) is 1. The number of benzene rings is 1. The fourth-order valence-electron chi connectivity index (χ4n) is 3.13. The first-order valence-electron chi connectivity index (χ1n) is 9.25. The highest BCUT2D eigenvalue weighted by Gasteiger charge is 2.32. The smallest absolute Gasteiger partial charge is 0.404 e. The normalized spacial score (nSPS) is 14.5. The van der Waals surface area contributed by atoms with Crippen LogP contribution in [0.3, 0.4) is 0 Å². The van der Waals surface area contributed by atoms with Gasteiger partial charge in [0.15, 0.2) is 11.7 Å². The molecule has 1 aromatic heterocycles. The van der Waals surface area contributed by atoms with Crippen LogP contribution in [-0.4, -0.2) is 33.6 Å². The van der Waals surface area contributed by atoms with Gasteiger partial charge in [0, 0.05) is 25.9 Å². The van der Waals surface area contributed by atoms with Crippen molar-refractivity contribution in [2.75, 3.05) is 11.9 Å². The number of nitrogens with one attached hydrogen (secondary N) is 1. The van der Waals surface area contributed by atoms with Gasteiger partial charge in [0.2, 0.25) is 0 Å². The van der Waals surface area contributed by atoms with Gasteiger partial charge < -0.3 is 20.4 Å². The van der Waals surface area contributed by atoms with Crippen LogP contribution >= 0.6 is 24.0 Å². The highest BCUT2D eigenvalue weighted by atomic mass is 127. The molecular weight excluding hydrogens is 500 g/mol. The van der Waals surface area contributed by atoms with Crippen molar-refractivity contribution >= 4 is 35.6 Å². The van der Waals surface area contributed by atoms with Crippen molar-refractivity contribution in [1.29, 1.82) is 0 Å². The molecule has 1 aliphatic heterocycles. The fraction of sp³-hybridized carbons (Fsp3) is 0.500. The topological polar surface area (TPSA) is 90.4 Å². The summed E-state index contributed by atoms with van der Waals surface area (Å²) in [6.45, 7) is 1.37. The number of nitrogens with two attached hydrogens (primary N) is 1. The molecule has 0 aliphatic carbocycles. The van der Waals surface area contributed by atoms with Gasteiger partial charge in [-0.15, -0.1) is 47.3 Å². The van der Waals surface area contributed by atoms with Gasteiger partial charge in [-0.25, -0.2) is 0 Å². The molecule has 1 aliphatic rings. The number of anilines is 1. The van der Waals surface area contributed by atoms with Gasteiger partial charge in [0.25, 0.3) is 0 Å². The number of rotatable bonds is 6. The summed E-state index contributed by atoms with van der Waals surface area (Å²) in [5.41, 5.74) is 5.90. The maximum absolute atomic E-state index is 12.5. The lowest BCUT2D eigenvalue weighted by molar-refractivity contribution is -0.274. The summed E-state index contributed by atoms with van der Waals surface area (Å²) < 4.78 is 43.6. The van der Waals surface area contributed by atoms with E-state index in [9.17, 15) is 13.2 Å². The average Bonchev–Trinajstić information content (AvgIpc) is 2.85. The molecule has 1 aromatic carbocycles. The van der Waals surface area contributed by atoms with Crippen molar-refractivity contribution in [1.82, 2.24) is 14.8 Å². The number of aromatic nitrogens is 3. The van der Waals surface area contributed by atoms with Gasteiger partial charge in [0.05, 0.1) is 5.69 Å². The third-order valence-corrected chi connectivity index (χ3v) is 4.40. The molecule has 2 aromatic rings. The Morgan fingerprint density at radius 2 is 2.00 bits per heavy atom. The Morgan fingerprint density at radius 3 is 2.79 bits per heavy atom. The van der Waals surface area contributed by atoms with Gasteiger partial charge in [-0.1, -0.05) is 18.6 Å². The second-order valence-electron chi connectivity index (χ2n) is 6.53. The molecule has 0 radical (unpaired) electrons. The fourth-order valence-corrected chi connectivity index (χ4v) is 3.13. The number of para-hydroxylation sites is 2. The van der Waals surface area contributed by atoms with E-state index < -0.39 is 6.36 Å². The summed E-state index contributed by atoms with van der Waals surface area (Å²) in [5, 5.41) is 11.2. The highest BCUT2D eigenvalue weighted by Crippen LogP contribution is 2.29. The first-order valence-corrected chi connectivity index (χ1v) is 9.25. The minimum absolute atomic E-state index is 0. The number of fused-ring (bicyclic) bond motifs is 1. The lowest BCUT2D eigenvalue weighted by Gasteiger charge is -2.14. The Kier molecular flexibility index (Phi) is 8.53. The maximum atomic E-state index is 12.5. The SMILES string of the molecule is I.NC(=NCCCc1nnc2n1CCCCC2)Nc1ccccc1OC(F)(F)F. The molecule has 0 saturated carbocycles. The minimum atomic E-state index is -4.78. The van der Waals surface area contributed by atoms with E-state index in [1.54, 1.807) is 6.07 Å². The summed E-state index contributed by atoms with van der Waals surface area (Å²) in [5.74, 6) is 1.65. The molecule has 0 fully saturated rings. The molecular formula is C18H24F3IN6O. The average molecular weight is 524 g/mol. The van der Waals surface area contributed by atoms with Crippen molar-refractivity contribution in [3.63, 3.8) is 0 Å². The Bertz CT molecular complexity index is 824. The summed E-state index contributed by atoms with van der Waals surface area (Å²) in [7, 11) is 0. The Balaban J connectivity index is 0.00000300. The third-order valence-electron chi connectivity index (χ3n) is 4.40. The molecule has 2 heterocycles. The molecule has 0 amide bonds. The number of nitrogens with zero attached hydrogens (tertiary/aromatic N) is 4. The van der Waals surface area contributed by atoms with Crippen molar-refractivity contribution < 1.29 is 17.9 Å². The molecule has 3 rings (SSSR count). The third kappa shape index (κ3) is 7.05. The quantitative estimate of drug-likeness (QED) is 0.259. The largest absolute Gasteiger partial charge is 0.573 e. The summed E-state index contributed by atoms with van der Waals surface area (Å²) >= 11 is 0. The number of aliphatic imine (C=N–C) groups is 1. The summed E-state index contributed by atoms with van der Waals surface area (Å²) in [6, 6.07) is 5.67. The van der Waals surface area contributed by atoms with E-state index in [0.29, 0.717) is 13.0 Å². The zero-order valence-corrected chi connectivity index (χ0v) is 18.1. The van der Waals surface area contributed by atoms with Gasteiger partial charge >= 0.3 is 6.36 Å². The predicted molar refractivity (Wildman–Crippen MR) is 115 cm³/mol. The van der Waals surface area contributed by atoms with E-state index in [1.165, 1.54) is 24.6 Å². The second kappa shape index (κ2) is 10.6. The first kappa shape index (κ1) is 23.2. The second-order valence-corrected chi connectivity index (χ2v) is 6.53. The standard InChI is InChI=1S/C18H23F3N6O.HI/c19-18(20,21)28-14-8-4-3-7-13(14)24-17(22)23-11-6-10-16-26-25-15-9-2-1-5-12-27(15)16;/h3-4,7-8H,1-2,5-6,9-12H2,(H3,22,23,24);1H. The number of aryl methyl sites for hydroxylation is 2.